The molecule has 0 atom stereocenters. The Morgan fingerprint density at radius 3 is 2.21 bits per heavy atom. The molecule has 0 aliphatic heterocycles. The number of nitriles is 1. The average Bonchev–Trinajstić information content (AvgIpc) is 3.03. The monoisotopic (exact) mass is 484 g/mol. The van der Waals surface area contributed by atoms with Gasteiger partial charge in [-0.1, -0.05) is 26.0 Å². The Kier molecular flexibility index (Phi) is 7.12. The van der Waals surface area contributed by atoms with Crippen LogP contribution >= 0.6 is 0 Å². The van der Waals surface area contributed by atoms with Crippen molar-refractivity contribution in [3.8, 4) is 6.07 Å². The molecule has 3 aromatic rings. The molecule has 0 bridgehead atoms. The fourth-order valence-electron chi connectivity index (χ4n) is 3.91. The predicted octanol–water partition coefficient (Wildman–Crippen LogP) is 5.10. The molecule has 182 valence electrons. The second-order valence-corrected chi connectivity index (χ2v) is 7.75. The number of halogens is 6. The lowest BCUT2D eigenvalue weighted by atomic mass is 10.1. The third kappa shape index (κ3) is 5.12. The van der Waals surface area contributed by atoms with Crippen LogP contribution in [0.5, 0.6) is 0 Å². The average molecular weight is 484 g/mol. The highest BCUT2D eigenvalue weighted by atomic mass is 19.4. The number of alkyl halides is 6. The third-order valence-electron chi connectivity index (χ3n) is 5.68. The Labute approximate surface area is 191 Å². The molecule has 5 nitrogen and oxygen atoms in total. The molecule has 0 saturated carbocycles. The first-order chi connectivity index (χ1) is 15.9. The maximum atomic E-state index is 13.9. The molecule has 1 heterocycles. The maximum Gasteiger partial charge on any atom is 0.418 e. The van der Waals surface area contributed by atoms with Gasteiger partial charge in [-0.3, -0.25) is 9.13 Å². The van der Waals surface area contributed by atoms with Gasteiger partial charge in [0.05, 0.1) is 40.3 Å². The minimum atomic E-state index is -4.89. The first-order valence-electron chi connectivity index (χ1n) is 10.5. The normalized spacial score (nSPS) is 12.5. The van der Waals surface area contributed by atoms with Gasteiger partial charge in [0, 0.05) is 13.1 Å². The van der Waals surface area contributed by atoms with Crippen LogP contribution in [0.3, 0.4) is 0 Å². The van der Waals surface area contributed by atoms with E-state index in [4.69, 9.17) is 0 Å². The van der Waals surface area contributed by atoms with E-state index in [0.29, 0.717) is 25.7 Å². The van der Waals surface area contributed by atoms with Crippen LogP contribution in [0.2, 0.25) is 0 Å². The summed E-state index contributed by atoms with van der Waals surface area (Å²) in [5.74, 6) is 0. The van der Waals surface area contributed by atoms with E-state index in [9.17, 15) is 36.4 Å². The lowest BCUT2D eigenvalue weighted by Crippen LogP contribution is -2.32. The molecule has 0 spiro atoms. The lowest BCUT2D eigenvalue weighted by molar-refractivity contribution is -0.138. The first-order valence-corrected chi connectivity index (χ1v) is 10.5. The van der Waals surface area contributed by atoms with E-state index in [1.165, 1.54) is 12.1 Å². The summed E-state index contributed by atoms with van der Waals surface area (Å²) in [4.78, 5) is 15.3. The van der Waals surface area contributed by atoms with Crippen LogP contribution in [-0.4, -0.2) is 33.7 Å². The van der Waals surface area contributed by atoms with Gasteiger partial charge >= 0.3 is 18.0 Å². The smallest absolute Gasteiger partial charge is 0.302 e. The molecule has 2 aromatic carbocycles. The van der Waals surface area contributed by atoms with Gasteiger partial charge in [0.2, 0.25) is 0 Å². The van der Waals surface area contributed by atoms with Gasteiger partial charge in [-0.15, -0.1) is 0 Å². The van der Waals surface area contributed by atoms with E-state index < -0.39 is 41.2 Å². The molecule has 0 aliphatic rings. The third-order valence-corrected chi connectivity index (χ3v) is 5.68. The molecule has 0 aliphatic carbocycles. The first kappa shape index (κ1) is 25.4. The van der Waals surface area contributed by atoms with E-state index in [2.05, 4.69) is 0 Å². The lowest BCUT2D eigenvalue weighted by Gasteiger charge is -2.18. The highest BCUT2D eigenvalue weighted by Crippen LogP contribution is 2.36. The highest BCUT2D eigenvalue weighted by Gasteiger charge is 2.36. The maximum absolute atomic E-state index is 13.9. The number of nitrogens with zero attached hydrogens (tertiary/aromatic N) is 4. The zero-order chi connectivity index (χ0) is 25.3. The van der Waals surface area contributed by atoms with Crippen LogP contribution in [0, 0.1) is 11.3 Å². The minimum Gasteiger partial charge on any atom is -0.302 e. The molecule has 1 aromatic heterocycles. The van der Waals surface area contributed by atoms with Crippen molar-refractivity contribution in [1.82, 2.24) is 14.0 Å². The number of hydrogen-bond acceptors (Lipinski definition) is 3. The quantitative estimate of drug-likeness (QED) is 0.439. The molecule has 0 fully saturated rings. The summed E-state index contributed by atoms with van der Waals surface area (Å²) in [6, 6.07) is 7.66. The standard InChI is InChI=1S/C23H22F6N4O/c1-3-31(4-2)8-9-32-19-12-16(13-30)11-18(23(27,28)29)20(19)33(21(32)34)14-15-6-5-7-17(10-15)22(24,25)26/h5-7,10-12H,3-4,8-9,14H2,1-2H3. The fourth-order valence-corrected chi connectivity index (χ4v) is 3.91. The van der Waals surface area contributed by atoms with Crippen molar-refractivity contribution in [2.24, 2.45) is 0 Å². The minimum absolute atomic E-state index is 0.0252. The van der Waals surface area contributed by atoms with Gasteiger partial charge in [-0.25, -0.2) is 4.79 Å². The van der Waals surface area contributed by atoms with Gasteiger partial charge in [0.15, 0.2) is 0 Å². The Morgan fingerprint density at radius 1 is 0.971 bits per heavy atom. The van der Waals surface area contributed by atoms with Crippen LogP contribution in [0.4, 0.5) is 26.3 Å². The van der Waals surface area contributed by atoms with Gasteiger partial charge in [-0.05, 0) is 42.9 Å². The van der Waals surface area contributed by atoms with Gasteiger partial charge in [-0.2, -0.15) is 31.6 Å². The van der Waals surface area contributed by atoms with E-state index in [1.807, 2.05) is 18.7 Å². The number of imidazole rings is 1. The summed E-state index contributed by atoms with van der Waals surface area (Å²) in [6.45, 7) is 5.05. The van der Waals surface area contributed by atoms with Crippen LogP contribution in [-0.2, 0) is 25.4 Å². The molecule has 0 amide bonds. The number of benzene rings is 2. The zero-order valence-electron chi connectivity index (χ0n) is 18.5. The molecular formula is C23H22F6N4O. The summed E-state index contributed by atoms with van der Waals surface area (Å²) in [6.07, 6.45) is -9.53. The summed E-state index contributed by atoms with van der Waals surface area (Å²) in [7, 11) is 0. The van der Waals surface area contributed by atoms with Gasteiger partial charge in [0.25, 0.3) is 0 Å². The van der Waals surface area contributed by atoms with Crippen molar-refractivity contribution < 1.29 is 26.3 Å². The summed E-state index contributed by atoms with van der Waals surface area (Å²) in [5.41, 5.74) is -3.74. The Morgan fingerprint density at radius 2 is 1.65 bits per heavy atom. The summed E-state index contributed by atoms with van der Waals surface area (Å²) in [5, 5.41) is 9.26. The SMILES string of the molecule is CCN(CC)CCn1c(=O)n(Cc2cccc(C(F)(F)F)c2)c2c(C(F)(F)F)cc(C#N)cc21. The highest BCUT2D eigenvalue weighted by molar-refractivity contribution is 5.82. The van der Waals surface area contributed by atoms with Gasteiger partial charge < -0.3 is 4.90 Å². The Hall–Kier alpha value is -3.26. The Balaban J connectivity index is 2.25. The van der Waals surface area contributed by atoms with Crippen LogP contribution < -0.4 is 5.69 Å². The molecule has 3 rings (SSSR count). The number of aromatic nitrogens is 2. The van der Waals surface area contributed by atoms with Crippen LogP contribution in [0.25, 0.3) is 11.0 Å². The van der Waals surface area contributed by atoms with E-state index in [0.717, 1.165) is 27.3 Å². The predicted molar refractivity (Wildman–Crippen MR) is 114 cm³/mol. The molecule has 34 heavy (non-hydrogen) atoms. The molecule has 0 radical (unpaired) electrons. The Bertz CT molecular complexity index is 1280. The van der Waals surface area contributed by atoms with Crippen molar-refractivity contribution >= 4 is 11.0 Å². The van der Waals surface area contributed by atoms with Crippen LogP contribution in [0.15, 0.2) is 41.2 Å². The van der Waals surface area contributed by atoms with Crippen molar-refractivity contribution in [1.29, 1.82) is 5.26 Å². The summed E-state index contributed by atoms with van der Waals surface area (Å²) < 4.78 is 83.2. The van der Waals surface area contributed by atoms with Crippen molar-refractivity contribution in [2.75, 3.05) is 19.6 Å². The summed E-state index contributed by atoms with van der Waals surface area (Å²) >= 11 is 0. The van der Waals surface area contributed by atoms with Gasteiger partial charge in [0.1, 0.15) is 0 Å². The molecular weight excluding hydrogens is 462 g/mol. The fraction of sp³-hybridized carbons (Fsp3) is 0.391. The second-order valence-electron chi connectivity index (χ2n) is 7.75. The number of hydrogen-bond donors (Lipinski definition) is 0. The topological polar surface area (TPSA) is 54.0 Å². The van der Waals surface area contributed by atoms with Crippen molar-refractivity contribution in [2.45, 2.75) is 39.3 Å². The largest absolute Gasteiger partial charge is 0.418 e. The molecule has 11 heteroatoms. The van der Waals surface area contributed by atoms with Crippen LogP contribution in [0.1, 0.15) is 36.1 Å². The van der Waals surface area contributed by atoms with E-state index in [1.54, 1.807) is 6.07 Å². The number of fused-ring (bicyclic) bond motifs is 1. The molecule has 0 N–H and O–H groups in total. The molecule has 0 unspecified atom stereocenters. The van der Waals surface area contributed by atoms with E-state index in [-0.39, 0.29) is 23.2 Å². The molecule has 0 saturated heterocycles. The van der Waals surface area contributed by atoms with Crippen molar-refractivity contribution in [3.05, 3.63) is 69.1 Å². The van der Waals surface area contributed by atoms with E-state index >= 15 is 0 Å². The number of rotatable bonds is 7. The zero-order valence-corrected chi connectivity index (χ0v) is 18.5. The second kappa shape index (κ2) is 9.54. The van der Waals surface area contributed by atoms with Crippen molar-refractivity contribution in [3.63, 3.8) is 0 Å². The number of likely N-dealkylation sites (N-methyl/N-ethyl adjacent to an activating group) is 1.